The highest BCUT2D eigenvalue weighted by molar-refractivity contribution is 7.89. The lowest BCUT2D eigenvalue weighted by molar-refractivity contribution is 0.133. The van der Waals surface area contributed by atoms with Crippen LogP contribution in [0.1, 0.15) is 26.5 Å². The largest absolute Gasteiger partial charge is 0.380 e. The SMILES string of the molecule is CCOCC(C)NS(=O)(=O)c1cc(CN)n(CC)c1. The minimum atomic E-state index is -3.52. The predicted octanol–water partition coefficient (Wildman–Crippen LogP) is 0.670. The number of aryl methyl sites for hydroxylation is 1. The van der Waals surface area contributed by atoms with Gasteiger partial charge in [0.05, 0.1) is 11.5 Å². The van der Waals surface area contributed by atoms with Gasteiger partial charge in [-0.1, -0.05) is 0 Å². The Kier molecular flexibility index (Phi) is 5.99. The van der Waals surface area contributed by atoms with Crippen LogP contribution in [0.4, 0.5) is 0 Å². The van der Waals surface area contributed by atoms with E-state index in [4.69, 9.17) is 10.5 Å². The maximum atomic E-state index is 12.2. The van der Waals surface area contributed by atoms with Gasteiger partial charge in [0.1, 0.15) is 0 Å². The van der Waals surface area contributed by atoms with Gasteiger partial charge in [0.25, 0.3) is 0 Å². The topological polar surface area (TPSA) is 86.3 Å². The first-order chi connectivity index (χ1) is 8.94. The fourth-order valence-electron chi connectivity index (χ4n) is 1.80. The smallest absolute Gasteiger partial charge is 0.242 e. The second-order valence-corrected chi connectivity index (χ2v) is 6.05. The average molecular weight is 289 g/mol. The summed E-state index contributed by atoms with van der Waals surface area (Å²) in [7, 11) is -3.52. The van der Waals surface area contributed by atoms with Gasteiger partial charge in [-0.25, -0.2) is 13.1 Å². The van der Waals surface area contributed by atoms with E-state index < -0.39 is 10.0 Å². The lowest BCUT2D eigenvalue weighted by Crippen LogP contribution is -2.35. The van der Waals surface area contributed by atoms with E-state index in [1.165, 1.54) is 0 Å². The third kappa shape index (κ3) is 4.31. The Balaban J connectivity index is 2.85. The van der Waals surface area contributed by atoms with Crippen molar-refractivity contribution in [1.82, 2.24) is 9.29 Å². The van der Waals surface area contributed by atoms with Gasteiger partial charge in [0.15, 0.2) is 0 Å². The second-order valence-electron chi connectivity index (χ2n) is 4.34. The van der Waals surface area contributed by atoms with Crippen LogP contribution in [0, 0.1) is 0 Å². The molecule has 1 aromatic heterocycles. The molecule has 0 aliphatic carbocycles. The van der Waals surface area contributed by atoms with Gasteiger partial charge in [-0.3, -0.25) is 0 Å². The molecule has 1 rings (SSSR count). The average Bonchev–Trinajstić information content (AvgIpc) is 2.79. The Bertz CT molecular complexity index is 475. The molecule has 0 radical (unpaired) electrons. The molecule has 110 valence electrons. The second kappa shape index (κ2) is 7.04. The molecule has 1 unspecified atom stereocenters. The predicted molar refractivity (Wildman–Crippen MR) is 74.3 cm³/mol. The molecule has 1 aromatic rings. The van der Waals surface area contributed by atoms with Crippen LogP contribution in [0.15, 0.2) is 17.2 Å². The molecule has 6 nitrogen and oxygen atoms in total. The lowest BCUT2D eigenvalue weighted by Gasteiger charge is -2.13. The molecule has 0 saturated heterocycles. The van der Waals surface area contributed by atoms with Crippen LogP contribution in [0.2, 0.25) is 0 Å². The van der Waals surface area contributed by atoms with E-state index in [1.807, 2.05) is 18.4 Å². The van der Waals surface area contributed by atoms with Crippen molar-refractivity contribution in [2.24, 2.45) is 5.73 Å². The van der Waals surface area contributed by atoms with Crippen LogP contribution >= 0.6 is 0 Å². The number of rotatable bonds is 8. The Labute approximate surface area is 115 Å². The zero-order valence-corrected chi connectivity index (χ0v) is 12.5. The van der Waals surface area contributed by atoms with Gasteiger partial charge in [-0.2, -0.15) is 0 Å². The summed E-state index contributed by atoms with van der Waals surface area (Å²) in [6, 6.07) is 1.34. The molecule has 0 spiro atoms. The number of nitrogens with one attached hydrogen (secondary N) is 1. The van der Waals surface area contributed by atoms with Crippen molar-refractivity contribution in [3.63, 3.8) is 0 Å². The number of hydrogen-bond acceptors (Lipinski definition) is 4. The summed E-state index contributed by atoms with van der Waals surface area (Å²) in [5.41, 5.74) is 6.40. The Hall–Kier alpha value is -0.890. The van der Waals surface area contributed by atoms with E-state index >= 15 is 0 Å². The first-order valence-corrected chi connectivity index (χ1v) is 7.92. The van der Waals surface area contributed by atoms with Gasteiger partial charge in [0, 0.05) is 37.6 Å². The van der Waals surface area contributed by atoms with Crippen molar-refractivity contribution < 1.29 is 13.2 Å². The molecule has 0 saturated carbocycles. The lowest BCUT2D eigenvalue weighted by atomic mass is 10.4. The summed E-state index contributed by atoms with van der Waals surface area (Å²) in [5.74, 6) is 0. The molecule has 0 fully saturated rings. The zero-order chi connectivity index (χ0) is 14.5. The van der Waals surface area contributed by atoms with Crippen molar-refractivity contribution in [2.45, 2.75) is 44.8 Å². The van der Waals surface area contributed by atoms with Crippen LogP contribution in [0.5, 0.6) is 0 Å². The van der Waals surface area contributed by atoms with E-state index in [1.54, 1.807) is 19.2 Å². The van der Waals surface area contributed by atoms with Crippen LogP contribution in [0.3, 0.4) is 0 Å². The summed E-state index contributed by atoms with van der Waals surface area (Å²) >= 11 is 0. The molecule has 0 bridgehead atoms. The van der Waals surface area contributed by atoms with Gasteiger partial charge < -0.3 is 15.0 Å². The highest BCUT2D eigenvalue weighted by atomic mass is 32.2. The van der Waals surface area contributed by atoms with Crippen molar-refractivity contribution in [1.29, 1.82) is 0 Å². The quantitative estimate of drug-likeness (QED) is 0.736. The van der Waals surface area contributed by atoms with Crippen LogP contribution in [-0.4, -0.2) is 32.2 Å². The number of nitrogens with zero attached hydrogens (tertiary/aromatic N) is 1. The normalized spacial score (nSPS) is 13.7. The minimum Gasteiger partial charge on any atom is -0.380 e. The van der Waals surface area contributed by atoms with E-state index in [0.717, 1.165) is 5.69 Å². The summed E-state index contributed by atoms with van der Waals surface area (Å²) in [6.45, 7) is 7.52. The number of hydrogen-bond donors (Lipinski definition) is 2. The zero-order valence-electron chi connectivity index (χ0n) is 11.7. The fraction of sp³-hybridized carbons (Fsp3) is 0.667. The Morgan fingerprint density at radius 2 is 2.16 bits per heavy atom. The molecule has 7 heteroatoms. The first-order valence-electron chi connectivity index (χ1n) is 6.43. The molecule has 1 heterocycles. The van der Waals surface area contributed by atoms with Crippen molar-refractivity contribution >= 4 is 10.0 Å². The Morgan fingerprint density at radius 3 is 2.63 bits per heavy atom. The van der Waals surface area contributed by atoms with Crippen LogP contribution in [0.25, 0.3) is 0 Å². The first kappa shape index (κ1) is 16.2. The van der Waals surface area contributed by atoms with E-state index in [-0.39, 0.29) is 10.9 Å². The minimum absolute atomic E-state index is 0.248. The highest BCUT2D eigenvalue weighted by Crippen LogP contribution is 2.14. The molecule has 19 heavy (non-hydrogen) atoms. The Morgan fingerprint density at radius 1 is 1.47 bits per heavy atom. The van der Waals surface area contributed by atoms with Gasteiger partial charge in [-0.05, 0) is 26.8 Å². The maximum absolute atomic E-state index is 12.2. The molecule has 0 aliphatic heterocycles. The molecular weight excluding hydrogens is 266 g/mol. The van der Waals surface area contributed by atoms with E-state index in [9.17, 15) is 8.42 Å². The number of aromatic nitrogens is 1. The summed E-state index contributed by atoms with van der Waals surface area (Å²) in [4.78, 5) is 0.248. The maximum Gasteiger partial charge on any atom is 0.242 e. The number of nitrogens with two attached hydrogens (primary N) is 1. The number of sulfonamides is 1. The molecule has 0 aliphatic rings. The molecule has 1 atom stereocenters. The van der Waals surface area contributed by atoms with Gasteiger partial charge in [-0.15, -0.1) is 0 Å². The van der Waals surface area contributed by atoms with Crippen molar-refractivity contribution in [2.75, 3.05) is 13.2 Å². The molecule has 0 amide bonds. The fourth-order valence-corrected chi connectivity index (χ4v) is 3.09. The van der Waals surface area contributed by atoms with Gasteiger partial charge >= 0.3 is 0 Å². The summed E-state index contributed by atoms with van der Waals surface area (Å²) < 4.78 is 34.0. The van der Waals surface area contributed by atoms with E-state index in [0.29, 0.717) is 26.3 Å². The third-order valence-corrected chi connectivity index (χ3v) is 4.31. The monoisotopic (exact) mass is 289 g/mol. The van der Waals surface area contributed by atoms with Crippen molar-refractivity contribution in [3.05, 3.63) is 18.0 Å². The van der Waals surface area contributed by atoms with Crippen molar-refractivity contribution in [3.8, 4) is 0 Å². The number of ether oxygens (including phenoxy) is 1. The summed E-state index contributed by atoms with van der Waals surface area (Å²) in [6.07, 6.45) is 1.61. The van der Waals surface area contributed by atoms with E-state index in [2.05, 4.69) is 4.72 Å². The molecule has 3 N–H and O–H groups in total. The molecule has 0 aromatic carbocycles. The highest BCUT2D eigenvalue weighted by Gasteiger charge is 2.20. The third-order valence-electron chi connectivity index (χ3n) is 2.75. The molecular formula is C12H23N3O3S. The van der Waals surface area contributed by atoms with Crippen LogP contribution in [-0.2, 0) is 27.8 Å². The summed E-state index contributed by atoms with van der Waals surface area (Å²) in [5, 5.41) is 0. The van der Waals surface area contributed by atoms with Crippen LogP contribution < -0.4 is 10.5 Å². The van der Waals surface area contributed by atoms with Gasteiger partial charge in [0.2, 0.25) is 10.0 Å². The standard InChI is InChI=1S/C12H23N3O3S/c1-4-15-8-12(6-11(15)7-13)19(16,17)14-10(3)9-18-5-2/h6,8,10,14H,4-5,7,9,13H2,1-3H3.